The number of ether oxygens (including phenoxy) is 1. The van der Waals surface area contributed by atoms with E-state index in [-0.39, 0.29) is 0 Å². The van der Waals surface area contributed by atoms with Gasteiger partial charge in [0, 0.05) is 10.0 Å². The Morgan fingerprint density at radius 3 is 2.42 bits per heavy atom. The summed E-state index contributed by atoms with van der Waals surface area (Å²) >= 11 is 9.60. The van der Waals surface area contributed by atoms with Gasteiger partial charge in [0.2, 0.25) is 0 Å². The molecule has 100 valence electrons. The maximum absolute atomic E-state index is 10.5. The van der Waals surface area contributed by atoms with Crippen molar-refractivity contribution in [1.29, 1.82) is 0 Å². The lowest BCUT2D eigenvalue weighted by molar-refractivity contribution is 0.219. The highest BCUT2D eigenvalue weighted by molar-refractivity contribution is 9.10. The zero-order valence-electron chi connectivity index (χ0n) is 10.7. The summed E-state index contributed by atoms with van der Waals surface area (Å²) in [5.41, 5.74) is 2.52. The number of halogens is 2. The fourth-order valence-corrected chi connectivity index (χ4v) is 2.72. The van der Waals surface area contributed by atoms with Crippen LogP contribution >= 0.6 is 27.5 Å². The molecule has 19 heavy (non-hydrogen) atoms. The first-order valence-electron chi connectivity index (χ1n) is 5.80. The van der Waals surface area contributed by atoms with Crippen LogP contribution < -0.4 is 4.74 Å². The first-order chi connectivity index (χ1) is 9.02. The average molecular weight is 342 g/mol. The van der Waals surface area contributed by atoms with Gasteiger partial charge in [-0.15, -0.1) is 0 Å². The predicted molar refractivity (Wildman–Crippen MR) is 80.9 cm³/mol. The van der Waals surface area contributed by atoms with E-state index in [1.165, 1.54) is 0 Å². The van der Waals surface area contributed by atoms with Crippen molar-refractivity contribution in [2.45, 2.75) is 13.0 Å². The van der Waals surface area contributed by atoms with Crippen molar-refractivity contribution in [3.8, 4) is 5.75 Å². The number of hydrogen-bond donors (Lipinski definition) is 1. The Labute approximate surface area is 126 Å². The van der Waals surface area contributed by atoms with E-state index in [2.05, 4.69) is 15.9 Å². The molecule has 2 aromatic rings. The number of aryl methyl sites for hydroxylation is 1. The van der Waals surface area contributed by atoms with Gasteiger partial charge in [0.05, 0.1) is 12.1 Å². The molecule has 1 unspecified atom stereocenters. The zero-order chi connectivity index (χ0) is 14.0. The molecule has 0 fully saturated rings. The first-order valence-corrected chi connectivity index (χ1v) is 6.97. The van der Waals surface area contributed by atoms with Gasteiger partial charge in [-0.1, -0.05) is 39.7 Å². The van der Waals surface area contributed by atoms with Crippen molar-refractivity contribution in [2.75, 3.05) is 7.11 Å². The fourth-order valence-electron chi connectivity index (χ4n) is 1.97. The summed E-state index contributed by atoms with van der Waals surface area (Å²) in [6.45, 7) is 1.96. The van der Waals surface area contributed by atoms with Crippen LogP contribution in [0.5, 0.6) is 5.75 Å². The number of aliphatic hydroxyl groups excluding tert-OH is 1. The van der Waals surface area contributed by atoms with E-state index < -0.39 is 6.10 Å². The largest absolute Gasteiger partial charge is 0.497 e. The molecule has 1 atom stereocenters. The highest BCUT2D eigenvalue weighted by atomic mass is 79.9. The molecule has 0 aliphatic rings. The molecular formula is C15H14BrClO2. The molecular weight excluding hydrogens is 328 g/mol. The van der Waals surface area contributed by atoms with Gasteiger partial charge in [-0.25, -0.2) is 0 Å². The molecule has 0 spiro atoms. The predicted octanol–water partition coefficient (Wildman–Crippen LogP) is 4.50. The summed E-state index contributed by atoms with van der Waals surface area (Å²) in [7, 11) is 1.58. The zero-order valence-corrected chi connectivity index (χ0v) is 13.0. The summed E-state index contributed by atoms with van der Waals surface area (Å²) in [6, 6.07) is 11.0. The Bertz CT molecular complexity index is 599. The van der Waals surface area contributed by atoms with Gasteiger partial charge >= 0.3 is 0 Å². The molecule has 2 nitrogen and oxygen atoms in total. The van der Waals surface area contributed by atoms with Crippen molar-refractivity contribution in [3.63, 3.8) is 0 Å². The van der Waals surface area contributed by atoms with Crippen molar-refractivity contribution in [3.05, 3.63) is 62.6 Å². The number of methoxy groups -OCH3 is 1. The molecule has 0 aromatic heterocycles. The van der Waals surface area contributed by atoms with Crippen LogP contribution in [-0.4, -0.2) is 12.2 Å². The smallest absolute Gasteiger partial charge is 0.120 e. The van der Waals surface area contributed by atoms with Crippen LogP contribution in [0, 0.1) is 6.92 Å². The Kier molecular flexibility index (Phi) is 4.50. The summed E-state index contributed by atoms with van der Waals surface area (Å²) in [5.74, 6) is 0.675. The fraction of sp³-hybridized carbons (Fsp3) is 0.200. The normalized spacial score (nSPS) is 12.3. The average Bonchev–Trinajstić information content (AvgIpc) is 2.37. The van der Waals surface area contributed by atoms with Gasteiger partial charge in [-0.05, 0) is 42.3 Å². The van der Waals surface area contributed by atoms with Gasteiger partial charge in [-0.3, -0.25) is 0 Å². The lowest BCUT2D eigenvalue weighted by atomic mass is 9.97. The second-order valence-electron chi connectivity index (χ2n) is 4.29. The van der Waals surface area contributed by atoms with Crippen LogP contribution in [0.15, 0.2) is 40.9 Å². The third-order valence-corrected chi connectivity index (χ3v) is 3.85. The number of aliphatic hydroxyl groups is 1. The Morgan fingerprint density at radius 1 is 1.16 bits per heavy atom. The molecule has 2 rings (SSSR count). The van der Waals surface area contributed by atoms with E-state index in [4.69, 9.17) is 16.3 Å². The highest BCUT2D eigenvalue weighted by Gasteiger charge is 2.16. The summed E-state index contributed by atoms with van der Waals surface area (Å²) in [5, 5.41) is 11.0. The number of hydrogen-bond acceptors (Lipinski definition) is 2. The Morgan fingerprint density at radius 2 is 1.84 bits per heavy atom. The lowest BCUT2D eigenvalue weighted by Gasteiger charge is -2.16. The second-order valence-corrected chi connectivity index (χ2v) is 5.61. The molecule has 0 radical (unpaired) electrons. The van der Waals surface area contributed by atoms with Crippen LogP contribution in [-0.2, 0) is 0 Å². The van der Waals surface area contributed by atoms with E-state index in [1.807, 2.05) is 25.1 Å². The number of benzene rings is 2. The van der Waals surface area contributed by atoms with E-state index in [0.29, 0.717) is 16.3 Å². The van der Waals surface area contributed by atoms with E-state index >= 15 is 0 Å². The topological polar surface area (TPSA) is 29.5 Å². The van der Waals surface area contributed by atoms with Crippen LogP contribution in [0.2, 0.25) is 5.02 Å². The Hall–Kier alpha value is -1.03. The summed E-state index contributed by atoms with van der Waals surface area (Å²) < 4.78 is 6.09. The molecule has 2 aromatic carbocycles. The van der Waals surface area contributed by atoms with E-state index in [1.54, 1.807) is 25.3 Å². The van der Waals surface area contributed by atoms with Gasteiger partial charge in [0.1, 0.15) is 11.9 Å². The van der Waals surface area contributed by atoms with Crippen molar-refractivity contribution in [2.24, 2.45) is 0 Å². The SMILES string of the molecule is COc1ccc(C(O)c2ccc(Br)cc2C)c(Cl)c1. The van der Waals surface area contributed by atoms with E-state index in [9.17, 15) is 5.11 Å². The molecule has 0 heterocycles. The first kappa shape index (κ1) is 14.4. The van der Waals surface area contributed by atoms with Crippen LogP contribution in [0.3, 0.4) is 0 Å². The molecule has 1 N–H and O–H groups in total. The van der Waals surface area contributed by atoms with Crippen molar-refractivity contribution < 1.29 is 9.84 Å². The number of rotatable bonds is 3. The summed E-state index contributed by atoms with van der Waals surface area (Å²) in [4.78, 5) is 0. The molecule has 0 aliphatic heterocycles. The minimum absolute atomic E-state index is 0.495. The molecule has 0 amide bonds. The maximum Gasteiger partial charge on any atom is 0.120 e. The quantitative estimate of drug-likeness (QED) is 0.890. The van der Waals surface area contributed by atoms with Gasteiger partial charge in [0.15, 0.2) is 0 Å². The summed E-state index contributed by atoms with van der Waals surface area (Å²) in [6.07, 6.45) is -0.744. The monoisotopic (exact) mass is 340 g/mol. The van der Waals surface area contributed by atoms with Crippen molar-refractivity contribution >= 4 is 27.5 Å². The third-order valence-electron chi connectivity index (χ3n) is 3.03. The standard InChI is InChI=1S/C15H14BrClO2/c1-9-7-10(16)3-5-12(9)15(18)13-6-4-11(19-2)8-14(13)17/h3-8,15,18H,1-2H3. The minimum atomic E-state index is -0.744. The van der Waals surface area contributed by atoms with Crippen LogP contribution in [0.4, 0.5) is 0 Å². The minimum Gasteiger partial charge on any atom is -0.497 e. The van der Waals surface area contributed by atoms with Gasteiger partial charge in [-0.2, -0.15) is 0 Å². The van der Waals surface area contributed by atoms with Crippen LogP contribution in [0.25, 0.3) is 0 Å². The van der Waals surface area contributed by atoms with Crippen LogP contribution in [0.1, 0.15) is 22.8 Å². The molecule has 0 aliphatic carbocycles. The second kappa shape index (κ2) is 5.95. The van der Waals surface area contributed by atoms with Crippen molar-refractivity contribution in [1.82, 2.24) is 0 Å². The molecule has 4 heteroatoms. The molecule has 0 saturated carbocycles. The highest BCUT2D eigenvalue weighted by Crippen LogP contribution is 2.33. The lowest BCUT2D eigenvalue weighted by Crippen LogP contribution is -2.03. The molecule has 0 bridgehead atoms. The Balaban J connectivity index is 2.41. The molecule has 0 saturated heterocycles. The maximum atomic E-state index is 10.5. The van der Waals surface area contributed by atoms with E-state index in [0.717, 1.165) is 15.6 Å². The third kappa shape index (κ3) is 3.11. The van der Waals surface area contributed by atoms with Gasteiger partial charge < -0.3 is 9.84 Å². The van der Waals surface area contributed by atoms with Gasteiger partial charge in [0.25, 0.3) is 0 Å².